The molecule has 0 spiro atoms. The van der Waals surface area contributed by atoms with Gasteiger partial charge in [-0.3, -0.25) is 4.79 Å². The molecule has 178 valence electrons. The van der Waals surface area contributed by atoms with Crippen LogP contribution in [0.4, 0.5) is 27.6 Å². The van der Waals surface area contributed by atoms with E-state index in [0.29, 0.717) is 11.8 Å². The molecule has 1 aliphatic rings. The van der Waals surface area contributed by atoms with Gasteiger partial charge in [-0.15, -0.1) is 11.8 Å². The molecule has 1 amide bonds. The molecule has 0 unspecified atom stereocenters. The number of carbonyl (C=O) groups is 2. The van der Waals surface area contributed by atoms with Gasteiger partial charge in [0.15, 0.2) is 11.6 Å². The fraction of sp³-hybridized carbons (Fsp3) is 0.333. The summed E-state index contributed by atoms with van der Waals surface area (Å²) in [6, 6.07) is 4.95. The average molecular weight is 491 g/mol. The molecule has 3 rings (SSSR count). The summed E-state index contributed by atoms with van der Waals surface area (Å²) in [6.07, 6.45) is -5.32. The maximum absolute atomic E-state index is 14.3. The van der Waals surface area contributed by atoms with Crippen molar-refractivity contribution in [1.29, 1.82) is 0 Å². The van der Waals surface area contributed by atoms with E-state index in [2.05, 4.69) is 5.32 Å². The molecule has 3 N–H and O–H groups in total. The van der Waals surface area contributed by atoms with E-state index < -0.39 is 69.1 Å². The van der Waals surface area contributed by atoms with Crippen LogP contribution in [-0.2, 0) is 4.79 Å². The van der Waals surface area contributed by atoms with Crippen LogP contribution in [0.3, 0.4) is 0 Å². The second-order valence-electron chi connectivity index (χ2n) is 7.59. The quantitative estimate of drug-likeness (QED) is 0.514. The topological polar surface area (TPSA) is 95.9 Å². The fourth-order valence-electron chi connectivity index (χ4n) is 3.68. The Balaban J connectivity index is 2.00. The first-order valence-electron chi connectivity index (χ1n) is 9.42. The number of phenols is 1. The number of anilines is 1. The lowest BCUT2D eigenvalue weighted by molar-refractivity contribution is -0.155. The molecule has 6 nitrogen and oxygen atoms in total. The Bertz CT molecular complexity index is 1110. The van der Waals surface area contributed by atoms with E-state index in [1.807, 2.05) is 0 Å². The van der Waals surface area contributed by atoms with E-state index in [4.69, 9.17) is 9.84 Å². The van der Waals surface area contributed by atoms with Crippen molar-refractivity contribution in [3.05, 3.63) is 53.1 Å². The minimum atomic E-state index is -4.71. The molecule has 33 heavy (non-hydrogen) atoms. The first-order valence-corrected chi connectivity index (χ1v) is 10.3. The summed E-state index contributed by atoms with van der Waals surface area (Å²) < 4.78 is 71.8. The maximum Gasteiger partial charge on any atom is 0.403 e. The number of benzene rings is 2. The Morgan fingerprint density at radius 3 is 2.42 bits per heavy atom. The van der Waals surface area contributed by atoms with E-state index in [1.54, 1.807) is 0 Å². The van der Waals surface area contributed by atoms with Crippen LogP contribution in [0.25, 0.3) is 0 Å². The number of aromatic hydroxyl groups is 1. The first kappa shape index (κ1) is 24.6. The van der Waals surface area contributed by atoms with Gasteiger partial charge in [0, 0.05) is 23.2 Å². The van der Waals surface area contributed by atoms with E-state index in [0.717, 1.165) is 44.4 Å². The normalized spacial score (nSPS) is 22.8. The van der Waals surface area contributed by atoms with Gasteiger partial charge in [0.1, 0.15) is 16.1 Å². The second kappa shape index (κ2) is 8.73. The molecule has 1 heterocycles. The lowest BCUT2D eigenvalue weighted by Crippen LogP contribution is -2.37. The molecular weight excluding hydrogens is 473 g/mol. The molecule has 2 aromatic rings. The Morgan fingerprint density at radius 1 is 1.21 bits per heavy atom. The van der Waals surface area contributed by atoms with Crippen molar-refractivity contribution < 1.29 is 46.5 Å². The fourth-order valence-corrected chi connectivity index (χ4v) is 5.22. The number of nitrogens with one attached hydrogen (secondary N) is 1. The van der Waals surface area contributed by atoms with Crippen LogP contribution in [0.2, 0.25) is 0 Å². The molecule has 0 bridgehead atoms. The Hall–Kier alpha value is -3.02. The number of ether oxygens (including phenoxy) is 1. The number of rotatable bonds is 5. The molecule has 0 aromatic heterocycles. The molecule has 3 atom stereocenters. The van der Waals surface area contributed by atoms with Crippen LogP contribution in [-0.4, -0.2) is 45.4 Å². The zero-order valence-corrected chi connectivity index (χ0v) is 18.0. The monoisotopic (exact) mass is 491 g/mol. The molecule has 12 heteroatoms. The summed E-state index contributed by atoms with van der Waals surface area (Å²) in [5.74, 6) is -7.38. The van der Waals surface area contributed by atoms with Gasteiger partial charge in [0.25, 0.3) is 0 Å². The molecule has 0 radical (unpaired) electrons. The van der Waals surface area contributed by atoms with Gasteiger partial charge in [0.05, 0.1) is 12.4 Å². The minimum absolute atomic E-state index is 0.0558. The highest BCUT2D eigenvalue weighted by molar-refractivity contribution is 8.02. The number of methoxy groups -OCH3 is 1. The number of carboxylic acid groups (broad SMARTS) is 1. The number of amides is 1. The minimum Gasteiger partial charge on any atom is -0.507 e. The predicted octanol–water partition coefficient (Wildman–Crippen LogP) is 4.93. The lowest BCUT2D eigenvalue weighted by Gasteiger charge is -2.26. The van der Waals surface area contributed by atoms with Crippen molar-refractivity contribution in [2.24, 2.45) is 0 Å². The summed E-state index contributed by atoms with van der Waals surface area (Å²) in [6.45, 7) is 0.914. The number of hydrogen-bond acceptors (Lipinski definition) is 5. The second-order valence-corrected chi connectivity index (χ2v) is 9.23. The van der Waals surface area contributed by atoms with E-state index in [-0.39, 0.29) is 11.3 Å². The van der Waals surface area contributed by atoms with Crippen molar-refractivity contribution in [3.63, 3.8) is 0 Å². The van der Waals surface area contributed by atoms with Gasteiger partial charge in [-0.25, -0.2) is 9.18 Å². The van der Waals surface area contributed by atoms with Gasteiger partial charge >= 0.3 is 12.1 Å². The summed E-state index contributed by atoms with van der Waals surface area (Å²) in [4.78, 5) is 24.0. The number of halogens is 5. The van der Waals surface area contributed by atoms with E-state index in [1.165, 1.54) is 0 Å². The molecule has 1 aliphatic heterocycles. The van der Waals surface area contributed by atoms with Gasteiger partial charge in [-0.05, 0) is 31.5 Å². The number of hydrogen-bond donors (Lipinski definition) is 3. The van der Waals surface area contributed by atoms with Crippen LogP contribution in [0.1, 0.15) is 35.2 Å². The van der Waals surface area contributed by atoms with Gasteiger partial charge in [-0.1, -0.05) is 6.07 Å². The highest BCUT2D eigenvalue weighted by Crippen LogP contribution is 2.59. The van der Waals surface area contributed by atoms with Crippen molar-refractivity contribution in [1.82, 2.24) is 0 Å². The third kappa shape index (κ3) is 4.56. The van der Waals surface area contributed by atoms with Crippen molar-refractivity contribution in [3.8, 4) is 11.5 Å². The molecular formula is C21H18F5NO5S. The standard InChI is InChI=1S/C21H18F5NO5S/c1-20(21(24,25)26)8-12(10-5-6-13(22)15(23)16(10)32-2)17(33-20)18(29)27-9-3-4-11(19(30)31)14(28)7-9/h3-7,12,17,28H,8H2,1-2H3,(H,27,29)(H,30,31)/t12-,17+,20+/m0/s1. The van der Waals surface area contributed by atoms with Crippen molar-refractivity contribution in [2.45, 2.75) is 35.4 Å². The number of carboxylic acids is 1. The summed E-state index contributed by atoms with van der Waals surface area (Å²) >= 11 is 0.326. The predicted molar refractivity (Wildman–Crippen MR) is 110 cm³/mol. The van der Waals surface area contributed by atoms with Crippen LogP contribution < -0.4 is 10.1 Å². The van der Waals surface area contributed by atoms with E-state index in [9.17, 15) is 36.6 Å². The third-order valence-electron chi connectivity index (χ3n) is 5.40. The van der Waals surface area contributed by atoms with Crippen molar-refractivity contribution >= 4 is 29.3 Å². The first-order chi connectivity index (χ1) is 15.3. The van der Waals surface area contributed by atoms with E-state index >= 15 is 0 Å². The summed E-state index contributed by atoms with van der Waals surface area (Å²) in [5, 5.41) is 19.7. The third-order valence-corrected chi connectivity index (χ3v) is 7.11. The summed E-state index contributed by atoms with van der Waals surface area (Å²) in [7, 11) is 1.04. The van der Waals surface area contributed by atoms with Gasteiger partial charge in [0.2, 0.25) is 11.7 Å². The van der Waals surface area contributed by atoms with Gasteiger partial charge in [-0.2, -0.15) is 17.6 Å². The molecule has 1 saturated heterocycles. The molecule has 1 fully saturated rings. The molecule has 0 aliphatic carbocycles. The number of thioether (sulfide) groups is 1. The Labute approximate surface area is 188 Å². The molecule has 0 saturated carbocycles. The highest BCUT2D eigenvalue weighted by atomic mass is 32.2. The van der Waals surface area contributed by atoms with Gasteiger partial charge < -0.3 is 20.3 Å². The highest BCUT2D eigenvalue weighted by Gasteiger charge is 2.60. The smallest absolute Gasteiger partial charge is 0.403 e. The zero-order chi connectivity index (χ0) is 24.7. The largest absolute Gasteiger partial charge is 0.507 e. The Kier molecular flexibility index (Phi) is 6.51. The Morgan fingerprint density at radius 2 is 1.88 bits per heavy atom. The number of carbonyl (C=O) groups excluding carboxylic acids is 1. The lowest BCUT2D eigenvalue weighted by atomic mass is 9.85. The van der Waals surface area contributed by atoms with Crippen molar-refractivity contribution in [2.75, 3.05) is 12.4 Å². The van der Waals surface area contributed by atoms with Crippen LogP contribution in [0.5, 0.6) is 11.5 Å². The zero-order valence-electron chi connectivity index (χ0n) is 17.2. The van der Waals surface area contributed by atoms with Crippen LogP contribution in [0, 0.1) is 11.6 Å². The average Bonchev–Trinajstić information content (AvgIpc) is 3.08. The summed E-state index contributed by atoms with van der Waals surface area (Å²) in [5.41, 5.74) is -0.585. The molecule has 2 aromatic carbocycles. The number of alkyl halides is 3. The maximum atomic E-state index is 14.3. The van der Waals surface area contributed by atoms with Crippen LogP contribution in [0.15, 0.2) is 30.3 Å². The SMILES string of the molecule is COc1c([C@@H]2C[C@](C)(C(F)(F)F)S[C@H]2C(=O)Nc2ccc(C(=O)O)c(O)c2)ccc(F)c1F. The van der Waals surface area contributed by atoms with Crippen LogP contribution >= 0.6 is 11.8 Å². The number of aromatic carboxylic acids is 1.